The maximum Gasteiger partial charge on any atom is 0.126 e. The standard InChI is InChI=1S/C28H48O2/c1-20(2)11-8-12-21(3)13-9-14-22(4)15-10-17-28(7)18-16-25-24(6)26(29)19-23(5)27(25)30-28/h19-22,29H,8-18H2,1-7H3/t21-,22-,28+/m0/s1. The van der Waals surface area contributed by atoms with Crippen LogP contribution in [0.5, 0.6) is 11.5 Å². The molecule has 1 N–H and O–H groups in total. The largest absolute Gasteiger partial charge is 0.508 e. The van der Waals surface area contributed by atoms with E-state index < -0.39 is 0 Å². The van der Waals surface area contributed by atoms with E-state index >= 15 is 0 Å². The Balaban J connectivity index is 1.69. The molecule has 1 aliphatic rings. The molecule has 0 saturated heterocycles. The first-order valence-electron chi connectivity index (χ1n) is 12.6. The van der Waals surface area contributed by atoms with Gasteiger partial charge in [-0.2, -0.15) is 0 Å². The van der Waals surface area contributed by atoms with Crippen molar-refractivity contribution < 1.29 is 9.84 Å². The summed E-state index contributed by atoms with van der Waals surface area (Å²) in [7, 11) is 0. The number of hydrogen-bond donors (Lipinski definition) is 1. The van der Waals surface area contributed by atoms with Crippen LogP contribution >= 0.6 is 0 Å². The van der Waals surface area contributed by atoms with E-state index in [4.69, 9.17) is 4.74 Å². The molecule has 0 saturated carbocycles. The number of rotatable bonds is 12. The second-order valence-electron chi connectivity index (χ2n) is 11.1. The highest BCUT2D eigenvalue weighted by Crippen LogP contribution is 2.42. The summed E-state index contributed by atoms with van der Waals surface area (Å²) in [6, 6.07) is 1.85. The molecular weight excluding hydrogens is 368 g/mol. The number of benzene rings is 1. The SMILES string of the molecule is Cc1cc(O)c(C)c2c1O[C@](C)(CCC[C@@H](C)CCC[C@@H](C)CCCC(C)C)CC2. The van der Waals surface area contributed by atoms with Crippen LogP contribution in [0.1, 0.15) is 116 Å². The summed E-state index contributed by atoms with van der Waals surface area (Å²) in [6.07, 6.45) is 14.1. The number of phenolic OH excluding ortho intramolecular Hbond substituents is 1. The summed E-state index contributed by atoms with van der Waals surface area (Å²) < 4.78 is 6.52. The van der Waals surface area contributed by atoms with Crippen LogP contribution in [-0.2, 0) is 6.42 Å². The highest BCUT2D eigenvalue weighted by molar-refractivity contribution is 5.53. The van der Waals surface area contributed by atoms with E-state index in [0.29, 0.717) is 5.75 Å². The average Bonchev–Trinajstić information content (AvgIpc) is 2.66. The van der Waals surface area contributed by atoms with E-state index in [9.17, 15) is 5.11 Å². The Kier molecular flexibility index (Phi) is 9.57. The summed E-state index contributed by atoms with van der Waals surface area (Å²) in [6.45, 7) is 15.9. The minimum Gasteiger partial charge on any atom is -0.508 e. The summed E-state index contributed by atoms with van der Waals surface area (Å²) in [5.41, 5.74) is 3.20. The molecule has 0 bridgehead atoms. The van der Waals surface area contributed by atoms with Crippen LogP contribution in [0.15, 0.2) is 6.07 Å². The first kappa shape index (κ1) is 25.1. The Morgan fingerprint density at radius 1 is 0.933 bits per heavy atom. The molecule has 2 heteroatoms. The third-order valence-corrected chi connectivity index (χ3v) is 7.35. The van der Waals surface area contributed by atoms with E-state index in [0.717, 1.165) is 53.9 Å². The van der Waals surface area contributed by atoms with Crippen molar-refractivity contribution in [2.75, 3.05) is 0 Å². The van der Waals surface area contributed by atoms with Crippen LogP contribution in [0.25, 0.3) is 0 Å². The lowest BCUT2D eigenvalue weighted by molar-refractivity contribution is 0.0512. The predicted molar refractivity (Wildman–Crippen MR) is 130 cm³/mol. The molecule has 0 spiro atoms. The lowest BCUT2D eigenvalue weighted by atomic mass is 9.84. The zero-order valence-corrected chi connectivity index (χ0v) is 20.9. The van der Waals surface area contributed by atoms with Gasteiger partial charge in [0.25, 0.3) is 0 Å². The van der Waals surface area contributed by atoms with Crippen LogP contribution in [-0.4, -0.2) is 10.7 Å². The Labute approximate surface area is 186 Å². The highest BCUT2D eigenvalue weighted by Gasteiger charge is 2.33. The van der Waals surface area contributed by atoms with Gasteiger partial charge in [-0.15, -0.1) is 0 Å². The van der Waals surface area contributed by atoms with Crippen LogP contribution in [0, 0.1) is 31.6 Å². The Morgan fingerprint density at radius 2 is 1.50 bits per heavy atom. The average molecular weight is 417 g/mol. The smallest absolute Gasteiger partial charge is 0.126 e. The molecule has 1 aromatic rings. The van der Waals surface area contributed by atoms with Crippen molar-refractivity contribution >= 4 is 0 Å². The maximum absolute atomic E-state index is 10.1. The number of ether oxygens (including phenoxy) is 1. The summed E-state index contributed by atoms with van der Waals surface area (Å²) in [5, 5.41) is 10.1. The van der Waals surface area contributed by atoms with Crippen molar-refractivity contribution in [3.63, 3.8) is 0 Å². The van der Waals surface area contributed by atoms with E-state index in [1.165, 1.54) is 56.9 Å². The van der Waals surface area contributed by atoms with Gasteiger partial charge in [0.2, 0.25) is 0 Å². The molecule has 172 valence electrons. The maximum atomic E-state index is 10.1. The fourth-order valence-electron chi connectivity index (χ4n) is 5.05. The number of hydrogen-bond acceptors (Lipinski definition) is 2. The normalized spacial score (nSPS) is 20.7. The van der Waals surface area contributed by atoms with E-state index in [1.807, 2.05) is 13.0 Å². The van der Waals surface area contributed by atoms with E-state index in [1.54, 1.807) is 0 Å². The summed E-state index contributed by atoms with van der Waals surface area (Å²) >= 11 is 0. The number of aryl methyl sites for hydroxylation is 1. The Morgan fingerprint density at radius 3 is 2.10 bits per heavy atom. The van der Waals surface area contributed by atoms with Crippen molar-refractivity contribution in [1.82, 2.24) is 0 Å². The minimum absolute atomic E-state index is 0.0637. The molecule has 0 amide bonds. The summed E-state index contributed by atoms with van der Waals surface area (Å²) in [4.78, 5) is 0. The van der Waals surface area contributed by atoms with E-state index in [2.05, 4.69) is 41.5 Å². The Hall–Kier alpha value is -1.18. The second-order valence-corrected chi connectivity index (χ2v) is 11.1. The molecule has 3 atom stereocenters. The van der Waals surface area contributed by atoms with Crippen molar-refractivity contribution in [3.8, 4) is 11.5 Å². The molecule has 0 radical (unpaired) electrons. The molecule has 2 nitrogen and oxygen atoms in total. The summed E-state index contributed by atoms with van der Waals surface area (Å²) in [5.74, 6) is 3.98. The van der Waals surface area contributed by atoms with Crippen LogP contribution in [0.4, 0.5) is 0 Å². The molecule has 0 aliphatic carbocycles. The molecule has 2 rings (SSSR count). The zero-order chi connectivity index (χ0) is 22.3. The molecule has 1 aromatic carbocycles. The third kappa shape index (κ3) is 7.50. The van der Waals surface area contributed by atoms with Crippen LogP contribution < -0.4 is 4.74 Å². The van der Waals surface area contributed by atoms with E-state index in [-0.39, 0.29) is 5.60 Å². The fraction of sp³-hybridized carbons (Fsp3) is 0.786. The zero-order valence-electron chi connectivity index (χ0n) is 20.9. The van der Waals surface area contributed by atoms with Gasteiger partial charge in [-0.05, 0) is 81.4 Å². The fourth-order valence-corrected chi connectivity index (χ4v) is 5.05. The van der Waals surface area contributed by atoms with Gasteiger partial charge < -0.3 is 9.84 Å². The van der Waals surface area contributed by atoms with Crippen molar-refractivity contribution in [2.24, 2.45) is 17.8 Å². The van der Waals surface area contributed by atoms with Crippen LogP contribution in [0.2, 0.25) is 0 Å². The van der Waals surface area contributed by atoms with Crippen molar-refractivity contribution in [2.45, 2.75) is 125 Å². The molecule has 0 aromatic heterocycles. The van der Waals surface area contributed by atoms with Gasteiger partial charge in [0.15, 0.2) is 0 Å². The van der Waals surface area contributed by atoms with Crippen LogP contribution in [0.3, 0.4) is 0 Å². The van der Waals surface area contributed by atoms with Gasteiger partial charge in [0.05, 0.1) is 0 Å². The number of phenols is 1. The molecular formula is C28H48O2. The number of fused-ring (bicyclic) bond motifs is 1. The molecule has 1 heterocycles. The minimum atomic E-state index is -0.0637. The molecule has 1 aliphatic heterocycles. The van der Waals surface area contributed by atoms with Gasteiger partial charge in [-0.1, -0.05) is 72.6 Å². The second kappa shape index (κ2) is 11.4. The topological polar surface area (TPSA) is 29.5 Å². The number of aromatic hydroxyl groups is 1. The molecule has 0 fully saturated rings. The molecule has 0 unspecified atom stereocenters. The Bertz CT molecular complexity index is 663. The highest BCUT2D eigenvalue weighted by atomic mass is 16.5. The first-order valence-corrected chi connectivity index (χ1v) is 12.6. The van der Waals surface area contributed by atoms with Gasteiger partial charge in [-0.3, -0.25) is 0 Å². The van der Waals surface area contributed by atoms with Gasteiger partial charge in [0.1, 0.15) is 17.1 Å². The van der Waals surface area contributed by atoms with Crippen molar-refractivity contribution in [3.05, 3.63) is 22.8 Å². The van der Waals surface area contributed by atoms with Gasteiger partial charge in [-0.25, -0.2) is 0 Å². The monoisotopic (exact) mass is 416 g/mol. The predicted octanol–water partition coefficient (Wildman–Crippen LogP) is 8.53. The lowest BCUT2D eigenvalue weighted by Crippen LogP contribution is -2.37. The van der Waals surface area contributed by atoms with Gasteiger partial charge >= 0.3 is 0 Å². The lowest BCUT2D eigenvalue weighted by Gasteiger charge is -2.37. The quantitative estimate of drug-likeness (QED) is 0.370. The van der Waals surface area contributed by atoms with Gasteiger partial charge in [0, 0.05) is 5.56 Å². The first-order chi connectivity index (χ1) is 14.1. The van der Waals surface area contributed by atoms with Crippen molar-refractivity contribution in [1.29, 1.82) is 0 Å². The molecule has 30 heavy (non-hydrogen) atoms. The third-order valence-electron chi connectivity index (χ3n) is 7.35.